The molecule has 3 nitrogen and oxygen atoms in total. The first-order chi connectivity index (χ1) is 9.08. The smallest absolute Gasteiger partial charge is 0.132 e. The summed E-state index contributed by atoms with van der Waals surface area (Å²) in [5.41, 5.74) is 5.71. The average Bonchev–Trinajstić information content (AvgIpc) is 2.38. The molecule has 0 atom stereocenters. The fraction of sp³-hybridized carbons (Fsp3) is 0.0714. The lowest BCUT2D eigenvalue weighted by Gasteiger charge is -2.09. The Labute approximate surface area is 109 Å². The third-order valence-electron chi connectivity index (χ3n) is 2.59. The summed E-state index contributed by atoms with van der Waals surface area (Å²) in [5.74, 6) is -0.997. The monoisotopic (exact) mass is 262 g/mol. The van der Waals surface area contributed by atoms with Crippen molar-refractivity contribution in [3.05, 3.63) is 65.2 Å². The summed E-state index contributed by atoms with van der Waals surface area (Å²) >= 11 is 0. The van der Waals surface area contributed by atoms with Crippen LogP contribution in [0.2, 0.25) is 0 Å². The van der Waals surface area contributed by atoms with Gasteiger partial charge in [0.2, 0.25) is 0 Å². The van der Waals surface area contributed by atoms with Gasteiger partial charge >= 0.3 is 0 Å². The van der Waals surface area contributed by atoms with Gasteiger partial charge in [-0.3, -0.25) is 5.41 Å². The Hall–Kier alpha value is -2.43. The van der Waals surface area contributed by atoms with Crippen molar-refractivity contribution in [2.24, 2.45) is 5.73 Å². The number of nitrogens with two attached hydrogens (primary N) is 1. The van der Waals surface area contributed by atoms with Crippen LogP contribution in [0, 0.1) is 17.0 Å². The summed E-state index contributed by atoms with van der Waals surface area (Å²) < 4.78 is 32.1. The summed E-state index contributed by atoms with van der Waals surface area (Å²) in [4.78, 5) is 0. The normalized spacial score (nSPS) is 10.2. The van der Waals surface area contributed by atoms with Crippen LogP contribution in [-0.4, -0.2) is 5.84 Å². The van der Waals surface area contributed by atoms with Crippen molar-refractivity contribution in [3.8, 4) is 5.75 Å². The Morgan fingerprint density at radius 3 is 2.37 bits per heavy atom. The maximum absolute atomic E-state index is 13.4. The van der Waals surface area contributed by atoms with E-state index in [1.807, 2.05) is 0 Å². The van der Waals surface area contributed by atoms with Crippen LogP contribution in [0.1, 0.15) is 11.1 Å². The van der Waals surface area contributed by atoms with E-state index in [2.05, 4.69) is 0 Å². The van der Waals surface area contributed by atoms with Crippen LogP contribution >= 0.6 is 0 Å². The largest absolute Gasteiger partial charge is 0.489 e. The van der Waals surface area contributed by atoms with Gasteiger partial charge in [0.25, 0.3) is 0 Å². The maximum atomic E-state index is 13.4. The van der Waals surface area contributed by atoms with Crippen molar-refractivity contribution in [2.75, 3.05) is 0 Å². The number of ether oxygens (including phenoxy) is 1. The fourth-order valence-electron chi connectivity index (χ4n) is 1.58. The highest BCUT2D eigenvalue weighted by atomic mass is 19.1. The molecule has 0 heterocycles. The molecule has 0 aliphatic rings. The van der Waals surface area contributed by atoms with Gasteiger partial charge in [0.05, 0.1) is 5.56 Å². The minimum Gasteiger partial charge on any atom is -0.489 e. The highest BCUT2D eigenvalue weighted by Crippen LogP contribution is 2.18. The van der Waals surface area contributed by atoms with Gasteiger partial charge in [0.1, 0.15) is 29.8 Å². The second-order valence-electron chi connectivity index (χ2n) is 3.93. The van der Waals surface area contributed by atoms with Gasteiger partial charge < -0.3 is 10.5 Å². The molecule has 0 spiro atoms. The summed E-state index contributed by atoms with van der Waals surface area (Å²) in [6.07, 6.45) is 0. The molecule has 3 N–H and O–H groups in total. The minimum atomic E-state index is -0.650. The number of amidine groups is 1. The maximum Gasteiger partial charge on any atom is 0.132 e. The molecule has 0 aromatic heterocycles. The van der Waals surface area contributed by atoms with Gasteiger partial charge in [0.15, 0.2) is 0 Å². The summed E-state index contributed by atoms with van der Waals surface area (Å²) in [6, 6.07) is 10.1. The number of hydrogen-bond acceptors (Lipinski definition) is 2. The zero-order valence-electron chi connectivity index (χ0n) is 9.99. The summed E-state index contributed by atoms with van der Waals surface area (Å²) in [6.45, 7) is -0.222. The van der Waals surface area contributed by atoms with E-state index < -0.39 is 11.6 Å². The van der Waals surface area contributed by atoms with Gasteiger partial charge in [-0.05, 0) is 24.3 Å². The Kier molecular flexibility index (Phi) is 3.75. The molecule has 0 unspecified atom stereocenters. The van der Waals surface area contributed by atoms with Crippen molar-refractivity contribution >= 4 is 5.84 Å². The number of benzene rings is 2. The Bertz CT molecular complexity index is 594. The van der Waals surface area contributed by atoms with E-state index in [4.69, 9.17) is 15.9 Å². The number of halogens is 2. The first-order valence-electron chi connectivity index (χ1n) is 5.58. The molecular formula is C14H12F2N2O. The molecule has 0 aliphatic carbocycles. The molecular weight excluding hydrogens is 250 g/mol. The average molecular weight is 262 g/mol. The molecule has 0 bridgehead atoms. The van der Waals surface area contributed by atoms with E-state index >= 15 is 0 Å². The van der Waals surface area contributed by atoms with E-state index in [0.29, 0.717) is 11.3 Å². The second-order valence-corrected chi connectivity index (χ2v) is 3.93. The van der Waals surface area contributed by atoms with Crippen molar-refractivity contribution in [2.45, 2.75) is 6.61 Å². The van der Waals surface area contributed by atoms with Gasteiger partial charge in [0, 0.05) is 5.56 Å². The third kappa shape index (κ3) is 3.07. The van der Waals surface area contributed by atoms with Crippen molar-refractivity contribution in [1.82, 2.24) is 0 Å². The van der Waals surface area contributed by atoms with Crippen LogP contribution in [0.5, 0.6) is 5.75 Å². The molecule has 0 aliphatic heterocycles. The predicted octanol–water partition coefficient (Wildman–Crippen LogP) is 2.83. The predicted molar refractivity (Wildman–Crippen MR) is 68.1 cm³/mol. The van der Waals surface area contributed by atoms with Crippen LogP contribution in [0.15, 0.2) is 42.5 Å². The Morgan fingerprint density at radius 2 is 1.74 bits per heavy atom. The van der Waals surface area contributed by atoms with E-state index in [1.165, 1.54) is 18.2 Å². The van der Waals surface area contributed by atoms with Crippen molar-refractivity contribution < 1.29 is 13.5 Å². The van der Waals surface area contributed by atoms with Crippen LogP contribution < -0.4 is 10.5 Å². The Balaban J connectivity index is 2.15. The highest BCUT2D eigenvalue weighted by Gasteiger charge is 2.09. The fourth-order valence-corrected chi connectivity index (χ4v) is 1.58. The molecule has 2 aromatic carbocycles. The SMILES string of the molecule is N=C(N)c1cccc(OCc2c(F)cccc2F)c1. The first-order valence-corrected chi connectivity index (χ1v) is 5.58. The number of hydrogen-bond donors (Lipinski definition) is 2. The molecule has 0 radical (unpaired) electrons. The van der Waals surface area contributed by atoms with Crippen LogP contribution in [0.3, 0.4) is 0 Å². The second kappa shape index (κ2) is 5.48. The lowest BCUT2D eigenvalue weighted by atomic mass is 10.2. The molecule has 19 heavy (non-hydrogen) atoms. The van der Waals surface area contributed by atoms with Crippen LogP contribution in [-0.2, 0) is 6.61 Å². The first kappa shape index (κ1) is 13.0. The molecule has 2 rings (SSSR count). The third-order valence-corrected chi connectivity index (χ3v) is 2.59. The van der Waals surface area contributed by atoms with E-state index in [9.17, 15) is 8.78 Å². The van der Waals surface area contributed by atoms with E-state index in [0.717, 1.165) is 0 Å². The molecule has 98 valence electrons. The number of rotatable bonds is 4. The lowest BCUT2D eigenvalue weighted by Crippen LogP contribution is -2.11. The van der Waals surface area contributed by atoms with E-state index in [-0.39, 0.29) is 18.0 Å². The summed E-state index contributed by atoms with van der Waals surface area (Å²) in [7, 11) is 0. The van der Waals surface area contributed by atoms with Crippen LogP contribution in [0.25, 0.3) is 0 Å². The molecule has 0 amide bonds. The van der Waals surface area contributed by atoms with Crippen molar-refractivity contribution in [3.63, 3.8) is 0 Å². The van der Waals surface area contributed by atoms with Gasteiger partial charge in [-0.2, -0.15) is 0 Å². The van der Waals surface area contributed by atoms with Gasteiger partial charge in [-0.15, -0.1) is 0 Å². The van der Waals surface area contributed by atoms with E-state index in [1.54, 1.807) is 24.3 Å². The van der Waals surface area contributed by atoms with Crippen molar-refractivity contribution in [1.29, 1.82) is 5.41 Å². The standard InChI is InChI=1S/C14H12F2N2O/c15-12-5-2-6-13(16)11(12)8-19-10-4-1-3-9(7-10)14(17)18/h1-7H,8H2,(H3,17,18). The van der Waals surface area contributed by atoms with Gasteiger partial charge in [-0.1, -0.05) is 18.2 Å². The lowest BCUT2D eigenvalue weighted by molar-refractivity contribution is 0.292. The topological polar surface area (TPSA) is 59.1 Å². The molecule has 5 heteroatoms. The highest BCUT2D eigenvalue weighted by molar-refractivity contribution is 5.95. The zero-order valence-corrected chi connectivity index (χ0v) is 9.99. The Morgan fingerprint density at radius 1 is 1.11 bits per heavy atom. The molecule has 2 aromatic rings. The molecule has 0 saturated carbocycles. The number of nitrogen functional groups attached to an aromatic ring is 1. The van der Waals surface area contributed by atoms with Gasteiger partial charge in [-0.25, -0.2) is 8.78 Å². The zero-order chi connectivity index (χ0) is 13.8. The summed E-state index contributed by atoms with van der Waals surface area (Å²) in [5, 5.41) is 7.30. The molecule has 0 saturated heterocycles. The van der Waals surface area contributed by atoms with Crippen LogP contribution in [0.4, 0.5) is 8.78 Å². The molecule has 0 fully saturated rings. The minimum absolute atomic E-state index is 0.0949. The quantitative estimate of drug-likeness (QED) is 0.657. The number of nitrogens with one attached hydrogen (secondary N) is 1.